The lowest BCUT2D eigenvalue weighted by atomic mass is 10.00. The number of hydrogen-bond acceptors (Lipinski definition) is 6. The van der Waals surface area contributed by atoms with E-state index in [0.29, 0.717) is 35.4 Å². The third-order valence-corrected chi connectivity index (χ3v) is 4.96. The molecule has 3 aromatic rings. The number of carboxylic acid groups (broad SMARTS) is 1. The minimum Gasteiger partial charge on any atom is -0.508 e. The zero-order valence-electron chi connectivity index (χ0n) is 18.7. The lowest BCUT2D eigenvalue weighted by Crippen LogP contribution is -2.31. The highest BCUT2D eigenvalue weighted by Crippen LogP contribution is 2.30. The van der Waals surface area contributed by atoms with E-state index in [1.165, 1.54) is 18.2 Å². The summed E-state index contributed by atoms with van der Waals surface area (Å²) in [6, 6.07) is 23.6. The van der Waals surface area contributed by atoms with Crippen LogP contribution in [0.5, 0.6) is 11.5 Å². The second-order valence-electron chi connectivity index (χ2n) is 7.52. The van der Waals surface area contributed by atoms with E-state index in [0.717, 1.165) is 6.08 Å². The zero-order chi connectivity index (χ0) is 25.0. The van der Waals surface area contributed by atoms with Crippen LogP contribution in [0, 0.1) is 11.3 Å². The van der Waals surface area contributed by atoms with Crippen LogP contribution in [0.15, 0.2) is 91.0 Å². The van der Waals surface area contributed by atoms with Crippen molar-refractivity contribution in [3.8, 4) is 17.6 Å². The van der Waals surface area contributed by atoms with E-state index in [-0.39, 0.29) is 5.75 Å². The number of nitrogens with zero attached hydrogens (tertiary/aromatic N) is 1. The second kappa shape index (κ2) is 12.5. The molecule has 178 valence electrons. The molecule has 2 atom stereocenters. The Morgan fingerprint density at radius 2 is 1.69 bits per heavy atom. The maximum Gasteiger partial charge on any atom is 0.412 e. The monoisotopic (exact) mass is 472 g/mol. The zero-order valence-corrected chi connectivity index (χ0v) is 18.7. The molecule has 0 aromatic heterocycles. The fraction of sp³-hybridized carbons (Fsp3) is 0.148. The topological polar surface area (TPSA) is 129 Å². The van der Waals surface area contributed by atoms with Gasteiger partial charge in [0.2, 0.25) is 0 Å². The number of anilines is 1. The van der Waals surface area contributed by atoms with Crippen molar-refractivity contribution in [1.29, 1.82) is 5.26 Å². The summed E-state index contributed by atoms with van der Waals surface area (Å²) < 4.78 is 12.0. The predicted octanol–water partition coefficient (Wildman–Crippen LogP) is 5.42. The standard InChI is InChI=1S/C27H24N2O6/c28-18-19-10-14-21(15-11-19)29-27(33)35-26(20-12-16-22(30)17-13-20)24(8-4-5-9-25(31)32)34-23-6-2-1-3-7-23/h1-3,5-7,9-17,24,26,30H,4,8H2,(H,29,33)(H,31,32)/b9-5+/t24-,26-/m1/s1. The highest BCUT2D eigenvalue weighted by molar-refractivity contribution is 5.84. The van der Waals surface area contributed by atoms with Crippen LogP contribution in [-0.2, 0) is 9.53 Å². The normalized spacial score (nSPS) is 12.3. The molecule has 0 bridgehead atoms. The molecule has 0 aliphatic heterocycles. The largest absolute Gasteiger partial charge is 0.508 e. The molecule has 0 saturated carbocycles. The molecule has 0 spiro atoms. The number of nitriles is 1. The van der Waals surface area contributed by atoms with Gasteiger partial charge in [0.25, 0.3) is 0 Å². The Kier molecular flexibility index (Phi) is 8.85. The van der Waals surface area contributed by atoms with Gasteiger partial charge in [0.05, 0.1) is 11.6 Å². The van der Waals surface area contributed by atoms with Crippen LogP contribution in [-0.4, -0.2) is 28.4 Å². The van der Waals surface area contributed by atoms with Crippen LogP contribution in [0.4, 0.5) is 10.5 Å². The van der Waals surface area contributed by atoms with Gasteiger partial charge in [-0.1, -0.05) is 36.4 Å². The van der Waals surface area contributed by atoms with Crippen molar-refractivity contribution in [2.45, 2.75) is 25.0 Å². The fourth-order valence-corrected chi connectivity index (χ4v) is 3.30. The highest BCUT2D eigenvalue weighted by atomic mass is 16.6. The Bertz CT molecular complexity index is 1190. The van der Waals surface area contributed by atoms with Gasteiger partial charge < -0.3 is 19.7 Å². The SMILES string of the molecule is N#Cc1ccc(NC(=O)O[C@H](c2ccc(O)cc2)[C@@H](CC/C=C/C(=O)O)Oc2ccccc2)cc1. The minimum atomic E-state index is -1.06. The molecular formula is C27H24N2O6. The fourth-order valence-electron chi connectivity index (χ4n) is 3.30. The second-order valence-corrected chi connectivity index (χ2v) is 7.52. The van der Waals surface area contributed by atoms with E-state index >= 15 is 0 Å². The highest BCUT2D eigenvalue weighted by Gasteiger charge is 2.29. The molecule has 8 nitrogen and oxygen atoms in total. The van der Waals surface area contributed by atoms with Crippen molar-refractivity contribution < 1.29 is 29.3 Å². The number of phenolic OH excluding ortho intramolecular Hbond substituents is 1. The number of rotatable bonds is 10. The van der Waals surface area contributed by atoms with E-state index < -0.39 is 24.3 Å². The molecule has 35 heavy (non-hydrogen) atoms. The number of hydrogen-bond donors (Lipinski definition) is 3. The number of aliphatic carboxylic acids is 1. The number of amides is 1. The van der Waals surface area contributed by atoms with Crippen LogP contribution in [0.3, 0.4) is 0 Å². The molecule has 1 amide bonds. The minimum absolute atomic E-state index is 0.0550. The van der Waals surface area contributed by atoms with Crippen LogP contribution in [0.2, 0.25) is 0 Å². The first kappa shape index (κ1) is 24.9. The van der Waals surface area contributed by atoms with Crippen molar-refractivity contribution in [3.63, 3.8) is 0 Å². The lowest BCUT2D eigenvalue weighted by Gasteiger charge is -2.28. The lowest BCUT2D eigenvalue weighted by molar-refractivity contribution is -0.131. The first-order chi connectivity index (χ1) is 16.9. The first-order valence-electron chi connectivity index (χ1n) is 10.8. The Morgan fingerprint density at radius 3 is 2.31 bits per heavy atom. The van der Waals surface area contributed by atoms with Gasteiger partial charge in [-0.2, -0.15) is 5.26 Å². The van der Waals surface area contributed by atoms with Crippen LogP contribution >= 0.6 is 0 Å². The van der Waals surface area contributed by atoms with Crippen molar-refractivity contribution in [2.24, 2.45) is 0 Å². The average Bonchev–Trinajstić information content (AvgIpc) is 2.86. The average molecular weight is 472 g/mol. The number of phenols is 1. The summed E-state index contributed by atoms with van der Waals surface area (Å²) >= 11 is 0. The number of para-hydroxylation sites is 1. The number of carbonyl (C=O) groups excluding carboxylic acids is 1. The maximum absolute atomic E-state index is 12.8. The van der Waals surface area contributed by atoms with Crippen LogP contribution in [0.1, 0.15) is 30.1 Å². The van der Waals surface area contributed by atoms with Crippen molar-refractivity contribution in [1.82, 2.24) is 0 Å². The van der Waals surface area contributed by atoms with Gasteiger partial charge in [-0.05, 0) is 66.9 Å². The molecular weight excluding hydrogens is 448 g/mol. The number of carbonyl (C=O) groups is 2. The number of benzene rings is 3. The molecule has 0 aliphatic rings. The molecule has 3 rings (SSSR count). The number of ether oxygens (including phenoxy) is 2. The maximum atomic E-state index is 12.8. The molecule has 3 N–H and O–H groups in total. The Balaban J connectivity index is 1.86. The van der Waals surface area contributed by atoms with Crippen LogP contribution in [0.25, 0.3) is 0 Å². The molecule has 0 fully saturated rings. The molecule has 0 unspecified atom stereocenters. The van der Waals surface area contributed by atoms with Crippen molar-refractivity contribution >= 4 is 17.7 Å². The van der Waals surface area contributed by atoms with Gasteiger partial charge in [0.1, 0.15) is 17.6 Å². The van der Waals surface area contributed by atoms with E-state index in [1.54, 1.807) is 48.5 Å². The van der Waals surface area contributed by atoms with E-state index in [9.17, 15) is 14.7 Å². The van der Waals surface area contributed by atoms with Gasteiger partial charge in [0, 0.05) is 11.8 Å². The molecule has 0 heterocycles. The van der Waals surface area contributed by atoms with E-state index in [1.807, 2.05) is 24.3 Å². The summed E-state index contributed by atoms with van der Waals surface area (Å²) in [5.41, 5.74) is 1.49. The quantitative estimate of drug-likeness (QED) is 0.336. The molecule has 0 radical (unpaired) electrons. The Hall–Kier alpha value is -4.77. The van der Waals surface area contributed by atoms with Gasteiger partial charge >= 0.3 is 12.1 Å². The third-order valence-electron chi connectivity index (χ3n) is 4.96. The number of carboxylic acids is 1. The summed E-state index contributed by atoms with van der Waals surface area (Å²) in [7, 11) is 0. The predicted molar refractivity (Wildman–Crippen MR) is 129 cm³/mol. The van der Waals surface area contributed by atoms with Crippen LogP contribution < -0.4 is 10.1 Å². The molecule has 0 aliphatic carbocycles. The molecule has 3 aromatic carbocycles. The Labute approximate surface area is 202 Å². The summed E-state index contributed by atoms with van der Waals surface area (Å²) in [6.07, 6.45) is 0.963. The van der Waals surface area contributed by atoms with Crippen molar-refractivity contribution in [2.75, 3.05) is 5.32 Å². The first-order valence-corrected chi connectivity index (χ1v) is 10.8. The number of allylic oxidation sites excluding steroid dienone is 1. The Morgan fingerprint density at radius 1 is 1.00 bits per heavy atom. The van der Waals surface area contributed by atoms with E-state index in [2.05, 4.69) is 5.32 Å². The van der Waals surface area contributed by atoms with Gasteiger partial charge in [-0.15, -0.1) is 0 Å². The van der Waals surface area contributed by atoms with E-state index in [4.69, 9.17) is 19.8 Å². The van der Waals surface area contributed by atoms with Crippen molar-refractivity contribution in [3.05, 3.63) is 102 Å². The molecule has 8 heteroatoms. The third kappa shape index (κ3) is 7.94. The summed E-state index contributed by atoms with van der Waals surface area (Å²) in [6.45, 7) is 0. The number of aromatic hydroxyl groups is 1. The smallest absolute Gasteiger partial charge is 0.412 e. The summed E-state index contributed by atoms with van der Waals surface area (Å²) in [5, 5.41) is 30.2. The number of nitrogens with one attached hydrogen (secondary N) is 1. The summed E-state index contributed by atoms with van der Waals surface area (Å²) in [4.78, 5) is 23.6. The van der Waals surface area contributed by atoms with Gasteiger partial charge in [-0.25, -0.2) is 9.59 Å². The van der Waals surface area contributed by atoms with Gasteiger partial charge in [-0.3, -0.25) is 5.32 Å². The van der Waals surface area contributed by atoms with Gasteiger partial charge in [0.15, 0.2) is 6.10 Å². The molecule has 0 saturated heterocycles. The summed E-state index contributed by atoms with van der Waals surface area (Å²) in [5.74, 6) is -0.447.